The zero-order chi connectivity index (χ0) is 19.2. The summed E-state index contributed by atoms with van der Waals surface area (Å²) in [6, 6.07) is 5.65. The number of hydrogen-bond donors (Lipinski definition) is 2. The fourth-order valence-electron chi connectivity index (χ4n) is 2.10. The van der Waals surface area contributed by atoms with E-state index in [0.29, 0.717) is 12.5 Å². The van der Waals surface area contributed by atoms with Crippen LogP contribution in [0.15, 0.2) is 36.5 Å². The Hall–Kier alpha value is -2.68. The van der Waals surface area contributed by atoms with Crippen molar-refractivity contribution in [2.45, 2.75) is 12.6 Å². The second-order valence-corrected chi connectivity index (χ2v) is 5.88. The van der Waals surface area contributed by atoms with Crippen molar-refractivity contribution in [1.29, 1.82) is 0 Å². The van der Waals surface area contributed by atoms with Gasteiger partial charge >= 0.3 is 6.18 Å². The normalized spacial score (nSPS) is 11.5. The summed E-state index contributed by atoms with van der Waals surface area (Å²) in [6.45, 7) is 1.56. The predicted molar refractivity (Wildman–Crippen MR) is 93.1 cm³/mol. The van der Waals surface area contributed by atoms with Gasteiger partial charge in [0.15, 0.2) is 0 Å². The van der Waals surface area contributed by atoms with Crippen LogP contribution in [0.1, 0.15) is 22.5 Å². The second kappa shape index (κ2) is 8.61. The van der Waals surface area contributed by atoms with E-state index in [9.17, 15) is 18.0 Å². The Morgan fingerprint density at radius 1 is 1.15 bits per heavy atom. The molecule has 0 fully saturated rings. The molecule has 0 unspecified atom stereocenters. The summed E-state index contributed by atoms with van der Waals surface area (Å²) in [6.07, 6.45) is -2.08. The lowest BCUT2D eigenvalue weighted by Gasteiger charge is -2.10. The van der Waals surface area contributed by atoms with Crippen LogP contribution in [0.2, 0.25) is 0 Å². The van der Waals surface area contributed by atoms with Gasteiger partial charge in [-0.15, -0.1) is 0 Å². The zero-order valence-corrected chi connectivity index (χ0v) is 14.5. The summed E-state index contributed by atoms with van der Waals surface area (Å²) in [7, 11) is 3.95. The average molecular weight is 367 g/mol. The fraction of sp³-hybridized carbons (Fsp3) is 0.353. The minimum atomic E-state index is -4.41. The number of benzene rings is 1. The van der Waals surface area contributed by atoms with Crippen LogP contribution in [-0.4, -0.2) is 48.0 Å². The Labute approximate surface area is 149 Å². The number of anilines is 2. The molecule has 0 aliphatic heterocycles. The summed E-state index contributed by atoms with van der Waals surface area (Å²) in [4.78, 5) is 22.4. The summed E-state index contributed by atoms with van der Waals surface area (Å²) < 4.78 is 37.6. The first kappa shape index (κ1) is 19.6. The molecule has 0 saturated heterocycles. The van der Waals surface area contributed by atoms with Gasteiger partial charge in [-0.2, -0.15) is 13.2 Å². The number of nitrogens with one attached hydrogen (secondary N) is 2. The molecule has 9 heteroatoms. The third-order valence-corrected chi connectivity index (χ3v) is 3.42. The monoisotopic (exact) mass is 367 g/mol. The minimum Gasteiger partial charge on any atom is -0.354 e. The van der Waals surface area contributed by atoms with Crippen LogP contribution in [0.5, 0.6) is 0 Å². The third-order valence-electron chi connectivity index (χ3n) is 3.42. The van der Waals surface area contributed by atoms with Crippen molar-refractivity contribution in [1.82, 2.24) is 14.9 Å². The summed E-state index contributed by atoms with van der Waals surface area (Å²) in [5, 5.41) is 5.54. The number of carbonyl (C=O) groups is 1. The molecule has 0 radical (unpaired) electrons. The molecular formula is C17H20F3N5O. The highest BCUT2D eigenvalue weighted by atomic mass is 19.4. The van der Waals surface area contributed by atoms with Crippen molar-refractivity contribution >= 4 is 17.5 Å². The van der Waals surface area contributed by atoms with Crippen molar-refractivity contribution < 1.29 is 18.0 Å². The third kappa shape index (κ3) is 5.99. The molecule has 0 atom stereocenters. The van der Waals surface area contributed by atoms with Gasteiger partial charge < -0.3 is 15.5 Å². The Morgan fingerprint density at radius 3 is 2.46 bits per heavy atom. The number of halogens is 3. The van der Waals surface area contributed by atoms with E-state index in [-0.39, 0.29) is 11.4 Å². The van der Waals surface area contributed by atoms with E-state index >= 15 is 0 Å². The van der Waals surface area contributed by atoms with E-state index in [1.54, 1.807) is 0 Å². The smallest absolute Gasteiger partial charge is 0.354 e. The molecule has 1 aromatic carbocycles. The van der Waals surface area contributed by atoms with Gasteiger partial charge in [0.2, 0.25) is 5.95 Å². The fourth-order valence-corrected chi connectivity index (χ4v) is 2.10. The molecule has 1 aromatic heterocycles. The molecule has 2 aromatic rings. The molecular weight excluding hydrogens is 347 g/mol. The molecule has 26 heavy (non-hydrogen) atoms. The molecule has 1 heterocycles. The first-order chi connectivity index (χ1) is 12.3. The van der Waals surface area contributed by atoms with E-state index in [2.05, 4.69) is 25.5 Å². The topological polar surface area (TPSA) is 70.2 Å². The van der Waals surface area contributed by atoms with E-state index in [0.717, 1.165) is 25.1 Å². The van der Waals surface area contributed by atoms with Crippen LogP contribution < -0.4 is 10.6 Å². The molecule has 0 aliphatic rings. The second-order valence-electron chi connectivity index (χ2n) is 5.88. The number of carbonyl (C=O) groups excluding carboxylic acids is 1. The Morgan fingerprint density at radius 2 is 1.85 bits per heavy atom. The van der Waals surface area contributed by atoms with Gasteiger partial charge in [0.05, 0.1) is 5.56 Å². The summed E-state index contributed by atoms with van der Waals surface area (Å²) >= 11 is 0. The van der Waals surface area contributed by atoms with Crippen molar-refractivity contribution in [3.05, 3.63) is 47.8 Å². The lowest BCUT2D eigenvalue weighted by molar-refractivity contribution is -0.137. The molecule has 2 N–H and O–H groups in total. The predicted octanol–water partition coefficient (Wildman–Crippen LogP) is 3.11. The van der Waals surface area contributed by atoms with Gasteiger partial charge in [-0.1, -0.05) is 0 Å². The number of nitrogens with zero attached hydrogens (tertiary/aromatic N) is 3. The number of rotatable bonds is 7. The summed E-state index contributed by atoms with van der Waals surface area (Å²) in [5.74, 6) is -0.202. The lowest BCUT2D eigenvalue weighted by atomic mass is 10.2. The molecule has 6 nitrogen and oxygen atoms in total. The highest BCUT2D eigenvalue weighted by Crippen LogP contribution is 2.29. The van der Waals surface area contributed by atoms with Crippen LogP contribution in [0.4, 0.5) is 24.8 Å². The highest BCUT2D eigenvalue weighted by Gasteiger charge is 2.30. The van der Waals surface area contributed by atoms with Crippen LogP contribution in [0.25, 0.3) is 0 Å². The summed E-state index contributed by atoms with van der Waals surface area (Å²) in [5.41, 5.74) is -0.404. The average Bonchev–Trinajstić information content (AvgIpc) is 2.58. The minimum absolute atomic E-state index is 0.120. The van der Waals surface area contributed by atoms with Crippen molar-refractivity contribution in [2.75, 3.05) is 37.8 Å². The Balaban J connectivity index is 1.96. The molecule has 140 valence electrons. The van der Waals surface area contributed by atoms with Gasteiger partial charge in [0.1, 0.15) is 5.69 Å². The van der Waals surface area contributed by atoms with Gasteiger partial charge in [-0.05, 0) is 57.4 Å². The van der Waals surface area contributed by atoms with E-state index in [1.807, 2.05) is 14.1 Å². The van der Waals surface area contributed by atoms with Gasteiger partial charge in [-0.25, -0.2) is 9.97 Å². The van der Waals surface area contributed by atoms with E-state index in [1.165, 1.54) is 24.4 Å². The molecule has 1 amide bonds. The maximum atomic E-state index is 12.5. The number of amides is 1. The van der Waals surface area contributed by atoms with Crippen molar-refractivity contribution in [3.63, 3.8) is 0 Å². The lowest BCUT2D eigenvalue weighted by Crippen LogP contribution is -2.18. The van der Waals surface area contributed by atoms with Crippen molar-refractivity contribution in [2.24, 2.45) is 0 Å². The maximum Gasteiger partial charge on any atom is 0.416 e. The van der Waals surface area contributed by atoms with Crippen LogP contribution in [0, 0.1) is 0 Å². The maximum absolute atomic E-state index is 12.5. The molecule has 2 rings (SSSR count). The number of aromatic nitrogens is 2. The zero-order valence-electron chi connectivity index (χ0n) is 14.5. The largest absolute Gasteiger partial charge is 0.416 e. The van der Waals surface area contributed by atoms with Gasteiger partial charge in [0.25, 0.3) is 5.91 Å². The number of hydrogen-bond acceptors (Lipinski definition) is 5. The molecule has 0 saturated carbocycles. The highest BCUT2D eigenvalue weighted by molar-refractivity contribution is 6.02. The van der Waals surface area contributed by atoms with E-state index < -0.39 is 17.6 Å². The molecule has 0 spiro atoms. The standard InChI is InChI=1S/C17H20F3N5O/c1-25(2)11-3-9-21-16-22-10-8-14(24-16)15(26)23-13-6-4-12(5-7-13)17(18,19)20/h4-8,10H,3,9,11H2,1-2H3,(H,23,26)(H,21,22,24). The van der Waals surface area contributed by atoms with Crippen LogP contribution in [-0.2, 0) is 6.18 Å². The first-order valence-electron chi connectivity index (χ1n) is 7.96. The van der Waals surface area contributed by atoms with Crippen LogP contribution in [0.3, 0.4) is 0 Å². The van der Waals surface area contributed by atoms with E-state index in [4.69, 9.17) is 0 Å². The molecule has 0 bridgehead atoms. The Bertz CT molecular complexity index is 732. The Kier molecular flexibility index (Phi) is 6.51. The van der Waals surface area contributed by atoms with Gasteiger partial charge in [-0.3, -0.25) is 4.79 Å². The SMILES string of the molecule is CN(C)CCCNc1nccc(C(=O)Nc2ccc(C(F)(F)F)cc2)n1. The first-order valence-corrected chi connectivity index (χ1v) is 7.96. The number of alkyl halides is 3. The quantitative estimate of drug-likeness (QED) is 0.736. The van der Waals surface area contributed by atoms with Crippen molar-refractivity contribution in [3.8, 4) is 0 Å². The molecule has 0 aliphatic carbocycles. The van der Waals surface area contributed by atoms with Crippen LogP contribution >= 0.6 is 0 Å². The van der Waals surface area contributed by atoms with Gasteiger partial charge in [0, 0.05) is 18.4 Å².